The first-order valence-corrected chi connectivity index (χ1v) is 5.84. The lowest BCUT2D eigenvalue weighted by molar-refractivity contribution is 0.145. The Balaban J connectivity index is 2.73. The van der Waals surface area contributed by atoms with Crippen LogP contribution in [-0.2, 0) is 6.54 Å². The SMILES string of the molecule is CCN(C)c1cccc(CNCC(F)F)c1C. The summed E-state index contributed by atoms with van der Waals surface area (Å²) in [7, 11) is 2.03. The molecule has 0 saturated heterocycles. The van der Waals surface area contributed by atoms with E-state index in [1.165, 1.54) is 0 Å². The van der Waals surface area contributed by atoms with Crippen molar-refractivity contribution in [3.05, 3.63) is 29.3 Å². The molecule has 1 rings (SSSR count). The fraction of sp³-hybridized carbons (Fsp3) is 0.538. The van der Waals surface area contributed by atoms with Crippen molar-refractivity contribution >= 4 is 5.69 Å². The topological polar surface area (TPSA) is 15.3 Å². The summed E-state index contributed by atoms with van der Waals surface area (Å²) < 4.78 is 24.1. The second-order valence-electron chi connectivity index (χ2n) is 4.10. The molecular weight excluding hydrogens is 222 g/mol. The van der Waals surface area contributed by atoms with Gasteiger partial charge in [0.15, 0.2) is 0 Å². The molecule has 1 aromatic rings. The van der Waals surface area contributed by atoms with E-state index in [1.807, 2.05) is 26.1 Å². The Morgan fingerprint density at radius 3 is 2.65 bits per heavy atom. The molecule has 0 radical (unpaired) electrons. The number of hydrogen-bond acceptors (Lipinski definition) is 2. The molecule has 0 saturated carbocycles. The minimum Gasteiger partial charge on any atom is -0.375 e. The maximum absolute atomic E-state index is 12.0. The van der Waals surface area contributed by atoms with Crippen LogP contribution in [0.2, 0.25) is 0 Å². The number of benzene rings is 1. The molecule has 0 aliphatic heterocycles. The van der Waals surface area contributed by atoms with Crippen molar-refractivity contribution in [3.63, 3.8) is 0 Å². The van der Waals surface area contributed by atoms with Gasteiger partial charge in [-0.25, -0.2) is 8.78 Å². The fourth-order valence-electron chi connectivity index (χ4n) is 1.76. The highest BCUT2D eigenvalue weighted by atomic mass is 19.3. The number of nitrogens with zero attached hydrogens (tertiary/aromatic N) is 1. The largest absolute Gasteiger partial charge is 0.375 e. The predicted molar refractivity (Wildman–Crippen MR) is 67.8 cm³/mol. The highest BCUT2D eigenvalue weighted by Crippen LogP contribution is 2.21. The Kier molecular flexibility index (Phi) is 5.35. The van der Waals surface area contributed by atoms with Gasteiger partial charge in [0.25, 0.3) is 6.43 Å². The first-order valence-electron chi connectivity index (χ1n) is 5.84. The first-order chi connectivity index (χ1) is 8.06. The predicted octanol–water partition coefficient (Wildman–Crippen LogP) is 2.81. The summed E-state index contributed by atoms with van der Waals surface area (Å²) in [5, 5.41) is 2.76. The normalized spacial score (nSPS) is 10.9. The van der Waals surface area contributed by atoms with Crippen LogP contribution in [0.15, 0.2) is 18.2 Å². The molecule has 2 nitrogen and oxygen atoms in total. The summed E-state index contributed by atoms with van der Waals surface area (Å²) in [5.74, 6) is 0. The lowest BCUT2D eigenvalue weighted by Crippen LogP contribution is -2.22. The monoisotopic (exact) mass is 242 g/mol. The molecule has 0 aliphatic rings. The van der Waals surface area contributed by atoms with Crippen LogP contribution in [-0.4, -0.2) is 26.6 Å². The quantitative estimate of drug-likeness (QED) is 0.825. The molecule has 0 aliphatic carbocycles. The molecular formula is C13H20F2N2. The van der Waals surface area contributed by atoms with Crippen LogP contribution >= 0.6 is 0 Å². The molecule has 96 valence electrons. The number of nitrogens with one attached hydrogen (secondary N) is 1. The van der Waals surface area contributed by atoms with Gasteiger partial charge in [0, 0.05) is 25.8 Å². The van der Waals surface area contributed by atoms with Crippen LogP contribution in [0.25, 0.3) is 0 Å². The summed E-state index contributed by atoms with van der Waals surface area (Å²) in [4.78, 5) is 2.14. The molecule has 0 fully saturated rings. The average molecular weight is 242 g/mol. The number of rotatable bonds is 6. The standard InChI is InChI=1S/C13H20F2N2/c1-4-17(3)12-7-5-6-11(10(12)2)8-16-9-13(14)15/h5-7,13,16H,4,8-9H2,1-3H3. The number of hydrogen-bond donors (Lipinski definition) is 1. The van der Waals surface area contributed by atoms with E-state index in [1.54, 1.807) is 0 Å². The van der Waals surface area contributed by atoms with Gasteiger partial charge < -0.3 is 10.2 Å². The van der Waals surface area contributed by atoms with E-state index in [-0.39, 0.29) is 6.54 Å². The van der Waals surface area contributed by atoms with Crippen molar-refractivity contribution in [2.45, 2.75) is 26.8 Å². The van der Waals surface area contributed by atoms with Crippen LogP contribution in [0.1, 0.15) is 18.1 Å². The van der Waals surface area contributed by atoms with Crippen LogP contribution in [0.5, 0.6) is 0 Å². The van der Waals surface area contributed by atoms with Gasteiger partial charge in [-0.1, -0.05) is 12.1 Å². The van der Waals surface area contributed by atoms with E-state index in [9.17, 15) is 8.78 Å². The minimum atomic E-state index is -2.29. The molecule has 1 aromatic carbocycles. The molecule has 0 amide bonds. The molecule has 0 unspecified atom stereocenters. The van der Waals surface area contributed by atoms with Gasteiger partial charge >= 0.3 is 0 Å². The first kappa shape index (κ1) is 13.9. The van der Waals surface area contributed by atoms with E-state index >= 15 is 0 Å². The molecule has 0 heterocycles. The van der Waals surface area contributed by atoms with E-state index in [4.69, 9.17) is 0 Å². The van der Waals surface area contributed by atoms with Gasteiger partial charge in [-0.2, -0.15) is 0 Å². The summed E-state index contributed by atoms with van der Waals surface area (Å²) in [6.45, 7) is 5.27. The highest BCUT2D eigenvalue weighted by Gasteiger charge is 2.07. The van der Waals surface area contributed by atoms with Crippen molar-refractivity contribution in [1.29, 1.82) is 0 Å². The molecule has 0 aromatic heterocycles. The van der Waals surface area contributed by atoms with Gasteiger partial charge in [-0.05, 0) is 31.0 Å². The third-order valence-electron chi connectivity index (χ3n) is 2.92. The van der Waals surface area contributed by atoms with Crippen molar-refractivity contribution in [2.75, 3.05) is 25.0 Å². The number of anilines is 1. The highest BCUT2D eigenvalue weighted by molar-refractivity contribution is 5.55. The van der Waals surface area contributed by atoms with Gasteiger partial charge in [-0.3, -0.25) is 0 Å². The zero-order valence-electron chi connectivity index (χ0n) is 10.6. The summed E-state index contributed by atoms with van der Waals surface area (Å²) >= 11 is 0. The van der Waals surface area contributed by atoms with Gasteiger partial charge in [-0.15, -0.1) is 0 Å². The zero-order valence-corrected chi connectivity index (χ0v) is 10.6. The lowest BCUT2D eigenvalue weighted by atomic mass is 10.1. The van der Waals surface area contributed by atoms with Crippen molar-refractivity contribution in [2.24, 2.45) is 0 Å². The van der Waals surface area contributed by atoms with E-state index in [0.717, 1.165) is 23.4 Å². The Labute approximate surface area is 102 Å². The van der Waals surface area contributed by atoms with Gasteiger partial charge in [0.2, 0.25) is 0 Å². The third kappa shape index (κ3) is 3.97. The second-order valence-corrected chi connectivity index (χ2v) is 4.10. The molecule has 1 N–H and O–H groups in total. The van der Waals surface area contributed by atoms with E-state index < -0.39 is 6.43 Å². The Morgan fingerprint density at radius 1 is 1.35 bits per heavy atom. The minimum absolute atomic E-state index is 0.257. The van der Waals surface area contributed by atoms with Crippen LogP contribution in [0, 0.1) is 6.92 Å². The summed E-state index contributed by atoms with van der Waals surface area (Å²) in [6, 6.07) is 5.99. The van der Waals surface area contributed by atoms with Crippen molar-refractivity contribution < 1.29 is 8.78 Å². The smallest absolute Gasteiger partial charge is 0.250 e. The molecule has 0 bridgehead atoms. The molecule has 17 heavy (non-hydrogen) atoms. The number of alkyl halides is 2. The molecule has 4 heteroatoms. The Bertz CT molecular complexity index is 353. The molecule has 0 atom stereocenters. The zero-order chi connectivity index (χ0) is 12.8. The summed E-state index contributed by atoms with van der Waals surface area (Å²) in [5.41, 5.74) is 3.38. The number of halogens is 2. The molecule has 0 spiro atoms. The van der Waals surface area contributed by atoms with E-state index in [0.29, 0.717) is 6.54 Å². The van der Waals surface area contributed by atoms with Crippen LogP contribution < -0.4 is 10.2 Å². The van der Waals surface area contributed by atoms with E-state index in [2.05, 4.69) is 23.2 Å². The Morgan fingerprint density at radius 2 is 2.06 bits per heavy atom. The summed E-state index contributed by atoms with van der Waals surface area (Å²) in [6.07, 6.45) is -2.29. The van der Waals surface area contributed by atoms with Crippen LogP contribution in [0.4, 0.5) is 14.5 Å². The van der Waals surface area contributed by atoms with Crippen molar-refractivity contribution in [3.8, 4) is 0 Å². The second kappa shape index (κ2) is 6.55. The maximum Gasteiger partial charge on any atom is 0.250 e. The maximum atomic E-state index is 12.0. The Hall–Kier alpha value is -1.16. The fourth-order valence-corrected chi connectivity index (χ4v) is 1.76. The van der Waals surface area contributed by atoms with Gasteiger partial charge in [0.05, 0.1) is 6.54 Å². The average Bonchev–Trinajstić information content (AvgIpc) is 2.30. The van der Waals surface area contributed by atoms with Crippen LogP contribution in [0.3, 0.4) is 0 Å². The van der Waals surface area contributed by atoms with Gasteiger partial charge in [0.1, 0.15) is 0 Å². The lowest BCUT2D eigenvalue weighted by Gasteiger charge is -2.21. The third-order valence-corrected chi connectivity index (χ3v) is 2.92. The van der Waals surface area contributed by atoms with Crippen molar-refractivity contribution in [1.82, 2.24) is 5.32 Å².